The van der Waals surface area contributed by atoms with Crippen LogP contribution in [0.15, 0.2) is 78.0 Å². The lowest BCUT2D eigenvalue weighted by Crippen LogP contribution is -2.21. The van der Waals surface area contributed by atoms with Gasteiger partial charge in [0.25, 0.3) is 5.91 Å². The molecule has 4 rings (SSSR count). The highest BCUT2D eigenvalue weighted by Gasteiger charge is 2.18. The molecule has 5 nitrogen and oxygen atoms in total. The average Bonchev–Trinajstić information content (AvgIpc) is 3.22. The zero-order valence-electron chi connectivity index (χ0n) is 18.1. The van der Waals surface area contributed by atoms with Gasteiger partial charge in [-0.25, -0.2) is 0 Å². The number of aryl methyl sites for hydroxylation is 1. The molecule has 4 aromatic rings. The molecule has 3 aromatic carbocycles. The van der Waals surface area contributed by atoms with Crippen LogP contribution in [0.2, 0.25) is 5.02 Å². The molecule has 0 aliphatic heterocycles. The van der Waals surface area contributed by atoms with Crippen molar-refractivity contribution in [1.29, 1.82) is 0 Å². The number of thioether (sulfide) groups is 1. The van der Waals surface area contributed by atoms with Crippen LogP contribution >= 0.6 is 23.4 Å². The van der Waals surface area contributed by atoms with Gasteiger partial charge in [-0.1, -0.05) is 53.7 Å². The molecule has 0 aliphatic carbocycles. The van der Waals surface area contributed by atoms with Gasteiger partial charge in [-0.15, -0.1) is 10.2 Å². The number of hydrogen-bond acceptors (Lipinski definition) is 4. The molecule has 0 atom stereocenters. The average molecular weight is 463 g/mol. The fourth-order valence-corrected chi connectivity index (χ4v) is 4.36. The fourth-order valence-electron chi connectivity index (χ4n) is 3.33. The maximum Gasteiger partial charge on any atom is 0.253 e. The molecule has 1 aromatic heterocycles. The summed E-state index contributed by atoms with van der Waals surface area (Å²) in [7, 11) is 3.51. The maximum atomic E-state index is 12.1. The number of hydrogen-bond donors (Lipinski definition) is 0. The summed E-state index contributed by atoms with van der Waals surface area (Å²) in [5.41, 5.74) is 4.91. The number of carbonyl (C=O) groups excluding carboxylic acids is 1. The third-order valence-corrected chi connectivity index (χ3v) is 6.32. The molecule has 0 spiro atoms. The summed E-state index contributed by atoms with van der Waals surface area (Å²) in [6.45, 7) is 2.08. The van der Waals surface area contributed by atoms with Crippen LogP contribution in [0.1, 0.15) is 21.5 Å². The van der Waals surface area contributed by atoms with E-state index in [1.54, 1.807) is 30.8 Å². The minimum absolute atomic E-state index is 0.00361. The van der Waals surface area contributed by atoms with E-state index in [9.17, 15) is 4.79 Å². The number of halogens is 1. The Bertz CT molecular complexity index is 1230. The van der Waals surface area contributed by atoms with E-state index >= 15 is 0 Å². The predicted octanol–water partition coefficient (Wildman–Crippen LogP) is 5.89. The number of para-hydroxylation sites is 1. The topological polar surface area (TPSA) is 51.0 Å². The van der Waals surface area contributed by atoms with Crippen molar-refractivity contribution in [2.24, 2.45) is 0 Å². The van der Waals surface area contributed by atoms with Gasteiger partial charge in [-0.2, -0.15) is 0 Å². The van der Waals surface area contributed by atoms with E-state index in [0.29, 0.717) is 16.3 Å². The lowest BCUT2D eigenvalue weighted by molar-refractivity contribution is 0.0827. The number of benzene rings is 3. The summed E-state index contributed by atoms with van der Waals surface area (Å²) in [6.07, 6.45) is 0. The first-order chi connectivity index (χ1) is 15.4. The summed E-state index contributed by atoms with van der Waals surface area (Å²) >= 11 is 7.69. The van der Waals surface area contributed by atoms with E-state index in [1.807, 2.05) is 60.7 Å². The summed E-state index contributed by atoms with van der Waals surface area (Å²) in [5.74, 6) is 1.47. The number of nitrogens with zero attached hydrogens (tertiary/aromatic N) is 4. The summed E-state index contributed by atoms with van der Waals surface area (Å²) in [5, 5.41) is 10.5. The van der Waals surface area contributed by atoms with Crippen molar-refractivity contribution in [2.75, 3.05) is 14.1 Å². The first kappa shape index (κ1) is 22.1. The third-order valence-electron chi connectivity index (χ3n) is 5.07. The van der Waals surface area contributed by atoms with Crippen LogP contribution in [0.4, 0.5) is 0 Å². The monoisotopic (exact) mass is 462 g/mol. The van der Waals surface area contributed by atoms with Gasteiger partial charge in [-0.3, -0.25) is 9.36 Å². The SMILES string of the molecule is Cc1ccccc1-n1c(SCc2ccc(C(=O)N(C)C)cc2)nnc1-c1ccc(Cl)cc1. The Hall–Kier alpha value is -3.09. The van der Waals surface area contributed by atoms with Crippen LogP contribution in [0.5, 0.6) is 0 Å². The standard InChI is InChI=1S/C25H23ClN4OS/c1-17-6-4-5-7-22(17)30-23(19-12-14-21(26)15-13-19)27-28-25(30)32-16-18-8-10-20(11-9-18)24(31)29(2)3/h4-15H,16H2,1-3H3. The molecule has 0 saturated carbocycles. The zero-order chi connectivity index (χ0) is 22.7. The van der Waals surface area contributed by atoms with Crippen molar-refractivity contribution in [1.82, 2.24) is 19.7 Å². The van der Waals surface area contributed by atoms with Gasteiger partial charge < -0.3 is 4.90 Å². The molecule has 32 heavy (non-hydrogen) atoms. The minimum atomic E-state index is -0.00361. The van der Waals surface area contributed by atoms with Gasteiger partial charge in [0, 0.05) is 36.0 Å². The van der Waals surface area contributed by atoms with E-state index in [0.717, 1.165) is 33.4 Å². The fraction of sp³-hybridized carbons (Fsp3) is 0.160. The van der Waals surface area contributed by atoms with Gasteiger partial charge in [0.2, 0.25) is 0 Å². The van der Waals surface area contributed by atoms with E-state index < -0.39 is 0 Å². The molecule has 0 N–H and O–H groups in total. The normalized spacial score (nSPS) is 10.9. The summed E-state index contributed by atoms with van der Waals surface area (Å²) < 4.78 is 2.09. The molecule has 0 unspecified atom stereocenters. The molecule has 0 radical (unpaired) electrons. The van der Waals surface area contributed by atoms with Gasteiger partial charge >= 0.3 is 0 Å². The molecular formula is C25H23ClN4OS. The number of rotatable bonds is 6. The van der Waals surface area contributed by atoms with E-state index in [4.69, 9.17) is 11.6 Å². The molecule has 162 valence electrons. The van der Waals surface area contributed by atoms with Gasteiger partial charge in [0.15, 0.2) is 11.0 Å². The molecule has 0 aliphatic rings. The number of aromatic nitrogens is 3. The third kappa shape index (κ3) is 4.71. The maximum absolute atomic E-state index is 12.1. The van der Waals surface area contributed by atoms with Crippen LogP contribution in [0.25, 0.3) is 17.1 Å². The van der Waals surface area contributed by atoms with Crippen molar-refractivity contribution in [3.05, 3.63) is 94.5 Å². The number of amides is 1. The van der Waals surface area contributed by atoms with Crippen LogP contribution in [0, 0.1) is 6.92 Å². The Labute approximate surface area is 197 Å². The van der Waals surface area contributed by atoms with E-state index in [1.165, 1.54) is 0 Å². The van der Waals surface area contributed by atoms with Gasteiger partial charge in [-0.05, 0) is 60.5 Å². The Kier molecular flexibility index (Phi) is 6.63. The molecule has 0 saturated heterocycles. The Balaban J connectivity index is 1.65. The highest BCUT2D eigenvalue weighted by atomic mass is 35.5. The Morgan fingerprint density at radius 2 is 1.66 bits per heavy atom. The van der Waals surface area contributed by atoms with Crippen LogP contribution in [0.3, 0.4) is 0 Å². The minimum Gasteiger partial charge on any atom is -0.345 e. The smallest absolute Gasteiger partial charge is 0.253 e. The van der Waals surface area contributed by atoms with Crippen molar-refractivity contribution in [3.63, 3.8) is 0 Å². The van der Waals surface area contributed by atoms with Crippen molar-refractivity contribution >= 4 is 29.3 Å². The highest BCUT2D eigenvalue weighted by Crippen LogP contribution is 2.31. The molecule has 0 bridgehead atoms. The first-order valence-corrected chi connectivity index (χ1v) is 11.5. The van der Waals surface area contributed by atoms with Crippen LogP contribution in [-0.2, 0) is 5.75 Å². The predicted molar refractivity (Wildman–Crippen MR) is 131 cm³/mol. The van der Waals surface area contributed by atoms with Crippen molar-refractivity contribution in [3.8, 4) is 17.1 Å². The second-order valence-corrected chi connectivity index (χ2v) is 9.00. The van der Waals surface area contributed by atoms with Crippen LogP contribution in [-0.4, -0.2) is 39.7 Å². The zero-order valence-corrected chi connectivity index (χ0v) is 19.7. The summed E-state index contributed by atoms with van der Waals surface area (Å²) in [6, 6.07) is 23.5. The van der Waals surface area contributed by atoms with E-state index in [-0.39, 0.29) is 5.91 Å². The molecule has 0 fully saturated rings. The van der Waals surface area contributed by atoms with Crippen molar-refractivity contribution in [2.45, 2.75) is 17.8 Å². The molecular weight excluding hydrogens is 440 g/mol. The summed E-state index contributed by atoms with van der Waals surface area (Å²) in [4.78, 5) is 13.7. The largest absolute Gasteiger partial charge is 0.345 e. The number of carbonyl (C=O) groups is 1. The van der Waals surface area contributed by atoms with E-state index in [2.05, 4.69) is 33.8 Å². The Morgan fingerprint density at radius 3 is 2.31 bits per heavy atom. The van der Waals surface area contributed by atoms with Crippen molar-refractivity contribution < 1.29 is 4.79 Å². The van der Waals surface area contributed by atoms with Gasteiger partial charge in [0.1, 0.15) is 0 Å². The van der Waals surface area contributed by atoms with Gasteiger partial charge in [0.05, 0.1) is 5.69 Å². The Morgan fingerprint density at radius 1 is 0.969 bits per heavy atom. The molecule has 7 heteroatoms. The highest BCUT2D eigenvalue weighted by molar-refractivity contribution is 7.98. The molecule has 1 amide bonds. The lowest BCUT2D eigenvalue weighted by atomic mass is 10.1. The van der Waals surface area contributed by atoms with Crippen LogP contribution < -0.4 is 0 Å². The first-order valence-electron chi connectivity index (χ1n) is 10.1. The molecule has 1 heterocycles. The second-order valence-electron chi connectivity index (χ2n) is 7.62. The lowest BCUT2D eigenvalue weighted by Gasteiger charge is -2.13. The second kappa shape index (κ2) is 9.59. The quantitative estimate of drug-likeness (QED) is 0.335.